The van der Waals surface area contributed by atoms with Crippen LogP contribution >= 0.6 is 11.8 Å². The number of ether oxygens (including phenoxy) is 2. The number of thioether (sulfide) groups is 1. The Balaban J connectivity index is 2.11. The van der Waals surface area contributed by atoms with Gasteiger partial charge in [-0.1, -0.05) is 43.8 Å². The Morgan fingerprint density at radius 1 is 1.08 bits per heavy atom. The van der Waals surface area contributed by atoms with Crippen LogP contribution in [0.1, 0.15) is 19.4 Å². The normalized spacial score (nSPS) is 11.1. The predicted octanol–water partition coefficient (Wildman–Crippen LogP) is 3.96. The average molecular weight is 370 g/mol. The summed E-state index contributed by atoms with van der Waals surface area (Å²) in [6.07, 6.45) is 0. The van der Waals surface area contributed by atoms with Crippen LogP contribution < -0.4 is 15.0 Å². The van der Waals surface area contributed by atoms with E-state index in [1.54, 1.807) is 30.5 Å². The number of benzene rings is 2. The minimum Gasteiger partial charge on any atom is -0.493 e. The first kappa shape index (κ1) is 18.3. The maximum absolute atomic E-state index is 13.1. The minimum absolute atomic E-state index is 0.0338. The Kier molecular flexibility index (Phi) is 5.52. The molecule has 0 amide bonds. The maximum Gasteiger partial charge on any atom is 0.262 e. The van der Waals surface area contributed by atoms with E-state index in [1.165, 1.54) is 0 Å². The Morgan fingerprint density at radius 2 is 1.81 bits per heavy atom. The highest BCUT2D eigenvalue weighted by Gasteiger charge is 2.14. The molecular weight excluding hydrogens is 348 g/mol. The molecule has 0 spiro atoms. The molecule has 0 aliphatic rings. The smallest absolute Gasteiger partial charge is 0.262 e. The predicted molar refractivity (Wildman–Crippen MR) is 106 cm³/mol. The topological polar surface area (TPSA) is 53.4 Å². The van der Waals surface area contributed by atoms with Crippen LogP contribution in [0.2, 0.25) is 0 Å². The summed E-state index contributed by atoms with van der Waals surface area (Å²) < 4.78 is 12.4. The van der Waals surface area contributed by atoms with Crippen molar-refractivity contribution in [1.29, 1.82) is 0 Å². The molecule has 0 atom stereocenters. The van der Waals surface area contributed by atoms with Gasteiger partial charge in [-0.3, -0.25) is 9.36 Å². The molecule has 26 heavy (non-hydrogen) atoms. The molecule has 0 aliphatic heterocycles. The largest absolute Gasteiger partial charge is 0.493 e. The van der Waals surface area contributed by atoms with E-state index in [9.17, 15) is 4.79 Å². The van der Waals surface area contributed by atoms with Gasteiger partial charge in [0.05, 0.1) is 31.7 Å². The van der Waals surface area contributed by atoms with Crippen LogP contribution in [0.3, 0.4) is 0 Å². The summed E-state index contributed by atoms with van der Waals surface area (Å²) >= 11 is 1.59. The van der Waals surface area contributed by atoms with Gasteiger partial charge in [-0.05, 0) is 29.8 Å². The summed E-state index contributed by atoms with van der Waals surface area (Å²) in [5.41, 5.74) is 1.64. The molecule has 3 rings (SSSR count). The lowest BCUT2D eigenvalue weighted by atomic mass is 10.2. The Bertz CT molecular complexity index is 982. The summed E-state index contributed by atoms with van der Waals surface area (Å²) in [5, 5.41) is 1.67. The molecule has 0 bridgehead atoms. The Labute approximate surface area is 157 Å². The first-order valence-corrected chi connectivity index (χ1v) is 9.28. The molecule has 0 aliphatic carbocycles. The fourth-order valence-corrected chi connectivity index (χ4v) is 3.60. The number of nitrogens with zero attached hydrogens (tertiary/aromatic N) is 2. The van der Waals surface area contributed by atoms with Crippen LogP contribution in [0.5, 0.6) is 11.5 Å². The Hall–Kier alpha value is -2.47. The molecule has 2 aromatic carbocycles. The molecule has 3 aromatic rings. The van der Waals surface area contributed by atoms with Crippen molar-refractivity contribution in [2.75, 3.05) is 14.2 Å². The van der Waals surface area contributed by atoms with Gasteiger partial charge in [-0.15, -0.1) is 0 Å². The van der Waals surface area contributed by atoms with Gasteiger partial charge in [0, 0.05) is 5.25 Å². The van der Waals surface area contributed by atoms with Crippen LogP contribution in [-0.4, -0.2) is 29.0 Å². The molecule has 6 heteroatoms. The van der Waals surface area contributed by atoms with E-state index in [0.717, 1.165) is 16.2 Å². The third-order valence-corrected chi connectivity index (χ3v) is 4.95. The highest BCUT2D eigenvalue weighted by Crippen LogP contribution is 2.29. The van der Waals surface area contributed by atoms with Crippen LogP contribution in [0, 0.1) is 0 Å². The molecule has 136 valence electrons. The van der Waals surface area contributed by atoms with Crippen molar-refractivity contribution in [3.05, 3.63) is 58.4 Å². The van der Waals surface area contributed by atoms with Crippen molar-refractivity contribution < 1.29 is 9.47 Å². The second kappa shape index (κ2) is 7.83. The second-order valence-corrected chi connectivity index (χ2v) is 7.70. The van der Waals surface area contributed by atoms with E-state index in [0.29, 0.717) is 28.7 Å². The van der Waals surface area contributed by atoms with Crippen molar-refractivity contribution in [3.8, 4) is 11.5 Å². The lowest BCUT2D eigenvalue weighted by Crippen LogP contribution is -2.24. The van der Waals surface area contributed by atoms with Gasteiger partial charge in [-0.2, -0.15) is 0 Å². The van der Waals surface area contributed by atoms with Crippen molar-refractivity contribution in [2.24, 2.45) is 0 Å². The molecule has 5 nitrogen and oxygen atoms in total. The average Bonchev–Trinajstić information content (AvgIpc) is 2.64. The molecule has 0 unspecified atom stereocenters. The zero-order chi connectivity index (χ0) is 18.7. The van der Waals surface area contributed by atoms with E-state index in [-0.39, 0.29) is 5.56 Å². The third kappa shape index (κ3) is 3.70. The number of methoxy groups -OCH3 is 2. The van der Waals surface area contributed by atoms with Crippen molar-refractivity contribution in [3.63, 3.8) is 0 Å². The van der Waals surface area contributed by atoms with E-state index < -0.39 is 0 Å². The van der Waals surface area contributed by atoms with Gasteiger partial charge in [0.1, 0.15) is 0 Å². The summed E-state index contributed by atoms with van der Waals surface area (Å²) in [4.78, 5) is 17.8. The van der Waals surface area contributed by atoms with Gasteiger partial charge in [-0.25, -0.2) is 4.98 Å². The van der Waals surface area contributed by atoms with Gasteiger partial charge < -0.3 is 9.47 Å². The summed E-state index contributed by atoms with van der Waals surface area (Å²) in [7, 11) is 3.21. The molecule has 0 radical (unpaired) electrons. The van der Waals surface area contributed by atoms with Gasteiger partial charge >= 0.3 is 0 Å². The summed E-state index contributed by atoms with van der Waals surface area (Å²) in [6, 6.07) is 13.1. The number of para-hydroxylation sites is 1. The van der Waals surface area contributed by atoms with Crippen LogP contribution in [0.15, 0.2) is 52.4 Å². The molecule has 1 heterocycles. The Morgan fingerprint density at radius 3 is 2.50 bits per heavy atom. The zero-order valence-electron chi connectivity index (χ0n) is 15.4. The fourth-order valence-electron chi connectivity index (χ4n) is 2.75. The van der Waals surface area contributed by atoms with Crippen molar-refractivity contribution >= 4 is 22.7 Å². The molecule has 1 aromatic heterocycles. The number of rotatable bonds is 6. The lowest BCUT2D eigenvalue weighted by molar-refractivity contribution is 0.354. The number of hydrogen-bond acceptors (Lipinski definition) is 5. The number of fused-ring (bicyclic) bond motifs is 1. The number of hydrogen-bond donors (Lipinski definition) is 0. The maximum atomic E-state index is 13.1. The quantitative estimate of drug-likeness (QED) is 0.486. The molecule has 0 saturated carbocycles. The monoisotopic (exact) mass is 370 g/mol. The number of aromatic nitrogens is 2. The van der Waals surface area contributed by atoms with Gasteiger partial charge in [0.15, 0.2) is 16.7 Å². The standard InChI is InChI=1S/C20H22N2O3S/c1-13(2)26-20-21-16-8-6-5-7-15(16)19(23)22(20)12-14-9-10-17(24-3)18(11-14)25-4/h5-11,13H,12H2,1-4H3. The lowest BCUT2D eigenvalue weighted by Gasteiger charge is -2.15. The van der Waals surface area contributed by atoms with Crippen LogP contribution in [0.25, 0.3) is 10.9 Å². The minimum atomic E-state index is -0.0338. The molecule has 0 fully saturated rings. The highest BCUT2D eigenvalue weighted by molar-refractivity contribution is 7.99. The summed E-state index contributed by atoms with van der Waals surface area (Å²) in [6.45, 7) is 4.60. The SMILES string of the molecule is COc1ccc(Cn2c(SC(C)C)nc3ccccc3c2=O)cc1OC. The van der Waals surface area contributed by atoms with E-state index in [1.807, 2.05) is 42.5 Å². The van der Waals surface area contributed by atoms with Gasteiger partial charge in [0.2, 0.25) is 0 Å². The van der Waals surface area contributed by atoms with Crippen molar-refractivity contribution in [1.82, 2.24) is 9.55 Å². The third-order valence-electron chi connectivity index (χ3n) is 3.96. The second-order valence-electron chi connectivity index (χ2n) is 6.16. The van der Waals surface area contributed by atoms with Gasteiger partial charge in [0.25, 0.3) is 5.56 Å². The van der Waals surface area contributed by atoms with Crippen LogP contribution in [-0.2, 0) is 6.54 Å². The fraction of sp³-hybridized carbons (Fsp3) is 0.300. The van der Waals surface area contributed by atoms with E-state index in [2.05, 4.69) is 13.8 Å². The summed E-state index contributed by atoms with van der Waals surface area (Å²) in [5.74, 6) is 1.31. The van der Waals surface area contributed by atoms with Crippen molar-refractivity contribution in [2.45, 2.75) is 30.8 Å². The zero-order valence-corrected chi connectivity index (χ0v) is 16.2. The molecular formula is C20H22N2O3S. The highest BCUT2D eigenvalue weighted by atomic mass is 32.2. The first-order valence-electron chi connectivity index (χ1n) is 8.40. The molecule has 0 saturated heterocycles. The van der Waals surface area contributed by atoms with E-state index >= 15 is 0 Å². The molecule has 0 N–H and O–H groups in total. The first-order chi connectivity index (χ1) is 12.5. The van der Waals surface area contributed by atoms with Crippen LogP contribution in [0.4, 0.5) is 0 Å². The van der Waals surface area contributed by atoms with E-state index in [4.69, 9.17) is 14.5 Å².